The summed E-state index contributed by atoms with van der Waals surface area (Å²) in [5.74, 6) is -0.130. The summed E-state index contributed by atoms with van der Waals surface area (Å²) in [6, 6.07) is 1.06. The Morgan fingerprint density at radius 2 is 2.15 bits per heavy atom. The number of rotatable bonds is 1. The standard InChI is InChI=1S/C9H16N2O2/c12-6-9(13)11-4-3-7-1-2-8(5-11)10-7/h7-8,10,12H,1-6H2. The van der Waals surface area contributed by atoms with E-state index in [0.29, 0.717) is 12.1 Å². The van der Waals surface area contributed by atoms with Crippen molar-refractivity contribution in [1.29, 1.82) is 0 Å². The second kappa shape index (κ2) is 3.64. The molecule has 74 valence electrons. The van der Waals surface area contributed by atoms with Crippen LogP contribution in [0.3, 0.4) is 0 Å². The summed E-state index contributed by atoms with van der Waals surface area (Å²) in [4.78, 5) is 13.0. The third-order valence-electron chi connectivity index (χ3n) is 3.01. The van der Waals surface area contributed by atoms with E-state index in [1.54, 1.807) is 4.90 Å². The number of carbonyl (C=O) groups is 1. The van der Waals surface area contributed by atoms with E-state index in [0.717, 1.165) is 19.5 Å². The van der Waals surface area contributed by atoms with Crippen molar-refractivity contribution in [3.05, 3.63) is 0 Å². The molecule has 2 rings (SSSR count). The minimum atomic E-state index is -0.350. The third kappa shape index (κ3) is 1.84. The smallest absolute Gasteiger partial charge is 0.248 e. The molecular formula is C9H16N2O2. The maximum atomic E-state index is 11.2. The highest BCUT2D eigenvalue weighted by atomic mass is 16.3. The van der Waals surface area contributed by atoms with Gasteiger partial charge in [0.05, 0.1) is 0 Å². The van der Waals surface area contributed by atoms with Crippen molar-refractivity contribution in [1.82, 2.24) is 10.2 Å². The molecule has 0 aromatic carbocycles. The highest BCUT2D eigenvalue weighted by molar-refractivity contribution is 5.77. The third-order valence-corrected chi connectivity index (χ3v) is 3.01. The second-order valence-corrected chi connectivity index (χ2v) is 3.92. The molecule has 2 atom stereocenters. The number of amides is 1. The van der Waals surface area contributed by atoms with Crippen molar-refractivity contribution in [2.75, 3.05) is 19.7 Å². The van der Waals surface area contributed by atoms with Crippen molar-refractivity contribution in [3.8, 4) is 0 Å². The molecule has 2 saturated heterocycles. The van der Waals surface area contributed by atoms with Crippen LogP contribution in [0.25, 0.3) is 0 Å². The molecule has 2 heterocycles. The van der Waals surface area contributed by atoms with E-state index in [4.69, 9.17) is 5.11 Å². The van der Waals surface area contributed by atoms with Crippen LogP contribution in [0.4, 0.5) is 0 Å². The minimum absolute atomic E-state index is 0.130. The fraction of sp³-hybridized carbons (Fsp3) is 0.889. The Morgan fingerprint density at radius 3 is 2.92 bits per heavy atom. The molecule has 0 spiro atoms. The Morgan fingerprint density at radius 1 is 1.38 bits per heavy atom. The molecular weight excluding hydrogens is 168 g/mol. The summed E-state index contributed by atoms with van der Waals surface area (Å²) in [5, 5.41) is 12.2. The molecule has 2 unspecified atom stereocenters. The Labute approximate surface area is 77.9 Å². The molecule has 0 saturated carbocycles. The van der Waals surface area contributed by atoms with E-state index in [2.05, 4.69) is 5.32 Å². The number of aliphatic hydroxyl groups excluding tert-OH is 1. The largest absolute Gasteiger partial charge is 0.387 e. The lowest BCUT2D eigenvalue weighted by Crippen LogP contribution is -2.40. The molecule has 2 aliphatic heterocycles. The summed E-state index contributed by atoms with van der Waals surface area (Å²) in [6.07, 6.45) is 3.44. The topological polar surface area (TPSA) is 52.6 Å². The highest BCUT2D eigenvalue weighted by Crippen LogP contribution is 2.20. The van der Waals surface area contributed by atoms with E-state index in [1.165, 1.54) is 12.8 Å². The zero-order chi connectivity index (χ0) is 9.26. The van der Waals surface area contributed by atoms with E-state index < -0.39 is 0 Å². The Hall–Kier alpha value is -0.610. The first-order valence-electron chi connectivity index (χ1n) is 4.94. The lowest BCUT2D eigenvalue weighted by atomic mass is 10.1. The van der Waals surface area contributed by atoms with Crippen LogP contribution < -0.4 is 5.32 Å². The second-order valence-electron chi connectivity index (χ2n) is 3.92. The van der Waals surface area contributed by atoms with Gasteiger partial charge in [-0.2, -0.15) is 0 Å². The first-order valence-corrected chi connectivity index (χ1v) is 4.94. The summed E-state index contributed by atoms with van der Waals surface area (Å²) in [6.45, 7) is 1.22. The van der Waals surface area contributed by atoms with Gasteiger partial charge in [-0.15, -0.1) is 0 Å². The molecule has 0 radical (unpaired) electrons. The Bertz CT molecular complexity index is 208. The number of aliphatic hydroxyl groups is 1. The summed E-state index contributed by atoms with van der Waals surface area (Å²) in [7, 11) is 0. The van der Waals surface area contributed by atoms with Crippen molar-refractivity contribution >= 4 is 5.91 Å². The lowest BCUT2D eigenvalue weighted by molar-refractivity contribution is -0.134. The van der Waals surface area contributed by atoms with E-state index in [9.17, 15) is 4.79 Å². The molecule has 4 heteroatoms. The fourth-order valence-corrected chi connectivity index (χ4v) is 2.27. The van der Waals surface area contributed by atoms with Crippen molar-refractivity contribution in [3.63, 3.8) is 0 Å². The first kappa shape index (κ1) is 8.97. The van der Waals surface area contributed by atoms with Crippen LogP contribution in [-0.4, -0.2) is 47.7 Å². The highest BCUT2D eigenvalue weighted by Gasteiger charge is 2.30. The molecule has 2 aliphatic rings. The SMILES string of the molecule is O=C(CO)N1CCC2CCC(C1)N2. The number of hydrogen-bond acceptors (Lipinski definition) is 3. The van der Waals surface area contributed by atoms with Gasteiger partial charge in [-0.05, 0) is 19.3 Å². The van der Waals surface area contributed by atoms with Gasteiger partial charge in [-0.3, -0.25) is 4.79 Å². The van der Waals surface area contributed by atoms with Gasteiger partial charge in [0.25, 0.3) is 0 Å². The molecule has 0 aromatic rings. The fourth-order valence-electron chi connectivity index (χ4n) is 2.27. The first-order chi connectivity index (χ1) is 6.29. The number of fused-ring (bicyclic) bond motifs is 2. The molecule has 0 aliphatic carbocycles. The van der Waals surface area contributed by atoms with Gasteiger partial charge < -0.3 is 15.3 Å². The summed E-state index contributed by atoms with van der Waals surface area (Å²) in [5.41, 5.74) is 0. The average molecular weight is 184 g/mol. The van der Waals surface area contributed by atoms with Crippen molar-refractivity contribution in [2.24, 2.45) is 0 Å². The van der Waals surface area contributed by atoms with Gasteiger partial charge in [0, 0.05) is 25.2 Å². The number of nitrogens with one attached hydrogen (secondary N) is 1. The lowest BCUT2D eigenvalue weighted by Gasteiger charge is -2.23. The van der Waals surface area contributed by atoms with Gasteiger partial charge in [0.1, 0.15) is 6.61 Å². The molecule has 13 heavy (non-hydrogen) atoms. The number of hydrogen-bond donors (Lipinski definition) is 2. The van der Waals surface area contributed by atoms with Gasteiger partial charge in [0.2, 0.25) is 5.91 Å². The normalized spacial score (nSPS) is 33.2. The van der Waals surface area contributed by atoms with Crippen LogP contribution in [0.5, 0.6) is 0 Å². The van der Waals surface area contributed by atoms with Gasteiger partial charge in [-0.1, -0.05) is 0 Å². The zero-order valence-corrected chi connectivity index (χ0v) is 7.70. The van der Waals surface area contributed by atoms with Crippen LogP contribution in [0.15, 0.2) is 0 Å². The van der Waals surface area contributed by atoms with E-state index >= 15 is 0 Å². The summed E-state index contributed by atoms with van der Waals surface area (Å²) >= 11 is 0. The van der Waals surface area contributed by atoms with Gasteiger partial charge in [0.15, 0.2) is 0 Å². The van der Waals surface area contributed by atoms with Gasteiger partial charge in [-0.25, -0.2) is 0 Å². The predicted octanol–water partition coefficient (Wildman–Crippen LogP) is -0.668. The van der Waals surface area contributed by atoms with Crippen LogP contribution in [-0.2, 0) is 4.79 Å². The van der Waals surface area contributed by atoms with Crippen LogP contribution in [0.1, 0.15) is 19.3 Å². The quantitative estimate of drug-likeness (QED) is 0.568. The van der Waals surface area contributed by atoms with Crippen LogP contribution in [0.2, 0.25) is 0 Å². The Balaban J connectivity index is 1.97. The Kier molecular flexibility index (Phi) is 2.51. The average Bonchev–Trinajstić information content (AvgIpc) is 2.45. The maximum absolute atomic E-state index is 11.2. The van der Waals surface area contributed by atoms with E-state index in [1.807, 2.05) is 0 Å². The molecule has 0 aromatic heterocycles. The molecule has 2 N–H and O–H groups in total. The zero-order valence-electron chi connectivity index (χ0n) is 7.70. The number of nitrogens with zero attached hydrogens (tertiary/aromatic N) is 1. The van der Waals surface area contributed by atoms with Gasteiger partial charge >= 0.3 is 0 Å². The predicted molar refractivity (Wildman–Crippen MR) is 48.2 cm³/mol. The van der Waals surface area contributed by atoms with Crippen LogP contribution >= 0.6 is 0 Å². The number of carbonyl (C=O) groups excluding carboxylic acids is 1. The molecule has 1 amide bonds. The van der Waals surface area contributed by atoms with Crippen molar-refractivity contribution < 1.29 is 9.90 Å². The van der Waals surface area contributed by atoms with Crippen molar-refractivity contribution in [2.45, 2.75) is 31.3 Å². The number of likely N-dealkylation sites (tertiary alicyclic amines) is 1. The molecule has 2 fully saturated rings. The molecule has 2 bridgehead atoms. The maximum Gasteiger partial charge on any atom is 0.248 e. The monoisotopic (exact) mass is 184 g/mol. The molecule has 4 nitrogen and oxygen atoms in total. The van der Waals surface area contributed by atoms with Crippen LogP contribution in [0, 0.1) is 0 Å². The minimum Gasteiger partial charge on any atom is -0.387 e. The summed E-state index contributed by atoms with van der Waals surface area (Å²) < 4.78 is 0. The van der Waals surface area contributed by atoms with E-state index in [-0.39, 0.29) is 12.5 Å².